The maximum atomic E-state index is 13.2. The Labute approximate surface area is 150 Å². The molecule has 0 bridgehead atoms. The predicted octanol–water partition coefficient (Wildman–Crippen LogP) is 2.77. The first-order valence-corrected chi connectivity index (χ1v) is 9.57. The van der Waals surface area contributed by atoms with Crippen LogP contribution in [0, 0.1) is 11.7 Å². The standard InChI is InChI=1S/C20H30FN3O/c1-15(22)17-5-4-12-24(14-17)20(25)19-6-2-3-11-23(19)13-16-7-9-18(21)10-8-16/h7-10,15,17,19H,2-6,11-14,22H2,1H3. The van der Waals surface area contributed by atoms with Crippen molar-refractivity contribution in [3.8, 4) is 0 Å². The molecule has 2 aliphatic heterocycles. The van der Waals surface area contributed by atoms with Gasteiger partial charge in [-0.05, 0) is 62.8 Å². The molecule has 0 saturated carbocycles. The molecule has 3 atom stereocenters. The molecule has 2 fully saturated rings. The van der Waals surface area contributed by atoms with Gasteiger partial charge in [-0.1, -0.05) is 18.6 Å². The van der Waals surface area contributed by atoms with E-state index in [1.807, 2.05) is 24.0 Å². The summed E-state index contributed by atoms with van der Waals surface area (Å²) in [6, 6.07) is 6.71. The van der Waals surface area contributed by atoms with Gasteiger partial charge in [0, 0.05) is 25.7 Å². The van der Waals surface area contributed by atoms with Gasteiger partial charge < -0.3 is 10.6 Å². The zero-order valence-electron chi connectivity index (χ0n) is 15.2. The molecular formula is C20H30FN3O. The van der Waals surface area contributed by atoms with Crippen LogP contribution < -0.4 is 5.73 Å². The summed E-state index contributed by atoms with van der Waals surface area (Å²) in [4.78, 5) is 17.5. The molecule has 5 heteroatoms. The highest BCUT2D eigenvalue weighted by atomic mass is 19.1. The number of nitrogens with two attached hydrogens (primary N) is 1. The van der Waals surface area contributed by atoms with Crippen LogP contribution in [-0.2, 0) is 11.3 Å². The van der Waals surface area contributed by atoms with Crippen molar-refractivity contribution in [2.75, 3.05) is 19.6 Å². The summed E-state index contributed by atoms with van der Waals surface area (Å²) >= 11 is 0. The van der Waals surface area contributed by atoms with Gasteiger partial charge in [-0.25, -0.2) is 4.39 Å². The number of carbonyl (C=O) groups is 1. The fourth-order valence-corrected chi connectivity index (χ4v) is 4.13. The number of piperidine rings is 2. The lowest BCUT2D eigenvalue weighted by molar-refractivity contribution is -0.140. The number of benzene rings is 1. The summed E-state index contributed by atoms with van der Waals surface area (Å²) < 4.78 is 13.1. The van der Waals surface area contributed by atoms with Crippen LogP contribution in [0.3, 0.4) is 0 Å². The van der Waals surface area contributed by atoms with E-state index in [2.05, 4.69) is 4.90 Å². The molecule has 0 aliphatic carbocycles. The summed E-state index contributed by atoms with van der Waals surface area (Å²) in [5.74, 6) is 0.448. The number of halogens is 1. The maximum Gasteiger partial charge on any atom is 0.239 e. The van der Waals surface area contributed by atoms with Crippen LogP contribution in [0.5, 0.6) is 0 Å². The second-order valence-corrected chi connectivity index (χ2v) is 7.65. The van der Waals surface area contributed by atoms with Crippen molar-refractivity contribution in [2.45, 2.75) is 57.7 Å². The zero-order valence-corrected chi connectivity index (χ0v) is 15.2. The average molecular weight is 347 g/mol. The fourth-order valence-electron chi connectivity index (χ4n) is 4.13. The minimum absolute atomic E-state index is 0.0503. The van der Waals surface area contributed by atoms with E-state index in [1.54, 1.807) is 0 Å². The van der Waals surface area contributed by atoms with Crippen LogP contribution in [0.1, 0.15) is 44.6 Å². The largest absolute Gasteiger partial charge is 0.341 e. The van der Waals surface area contributed by atoms with Gasteiger partial charge >= 0.3 is 0 Å². The van der Waals surface area contributed by atoms with Gasteiger partial charge in [-0.3, -0.25) is 9.69 Å². The highest BCUT2D eigenvalue weighted by Crippen LogP contribution is 2.25. The second-order valence-electron chi connectivity index (χ2n) is 7.65. The molecule has 25 heavy (non-hydrogen) atoms. The molecule has 4 nitrogen and oxygen atoms in total. The van der Waals surface area contributed by atoms with E-state index in [9.17, 15) is 9.18 Å². The Hall–Kier alpha value is -1.46. The lowest BCUT2D eigenvalue weighted by Gasteiger charge is -2.41. The molecule has 0 spiro atoms. The van der Waals surface area contributed by atoms with Gasteiger partial charge in [-0.15, -0.1) is 0 Å². The fraction of sp³-hybridized carbons (Fsp3) is 0.650. The number of hydrogen-bond acceptors (Lipinski definition) is 3. The van der Waals surface area contributed by atoms with Crippen LogP contribution in [0.2, 0.25) is 0 Å². The quantitative estimate of drug-likeness (QED) is 0.911. The summed E-state index contributed by atoms with van der Waals surface area (Å²) in [5.41, 5.74) is 7.13. The number of hydrogen-bond donors (Lipinski definition) is 1. The molecule has 2 N–H and O–H groups in total. The van der Waals surface area contributed by atoms with Crippen molar-refractivity contribution in [3.63, 3.8) is 0 Å². The normalized spacial score (nSPS) is 26.4. The van der Waals surface area contributed by atoms with Gasteiger partial charge in [0.1, 0.15) is 5.82 Å². The van der Waals surface area contributed by atoms with Gasteiger partial charge in [0.25, 0.3) is 0 Å². The van der Waals surface area contributed by atoms with Crippen molar-refractivity contribution >= 4 is 5.91 Å². The second kappa shape index (κ2) is 8.28. The minimum Gasteiger partial charge on any atom is -0.341 e. The minimum atomic E-state index is -0.217. The van der Waals surface area contributed by atoms with Gasteiger partial charge in [0.2, 0.25) is 5.91 Å². The van der Waals surface area contributed by atoms with E-state index in [0.29, 0.717) is 12.5 Å². The Morgan fingerprint density at radius 3 is 2.68 bits per heavy atom. The third-order valence-electron chi connectivity index (χ3n) is 5.71. The molecule has 2 saturated heterocycles. The monoisotopic (exact) mass is 347 g/mol. The topological polar surface area (TPSA) is 49.6 Å². The van der Waals surface area contributed by atoms with E-state index in [-0.39, 0.29) is 23.8 Å². The molecule has 1 aromatic carbocycles. The van der Waals surface area contributed by atoms with Gasteiger partial charge in [0.15, 0.2) is 0 Å². The molecule has 2 heterocycles. The molecule has 138 valence electrons. The third-order valence-corrected chi connectivity index (χ3v) is 5.71. The summed E-state index contributed by atoms with van der Waals surface area (Å²) in [7, 11) is 0. The lowest BCUT2D eigenvalue weighted by Crippen LogP contribution is -2.54. The Morgan fingerprint density at radius 1 is 1.20 bits per heavy atom. The lowest BCUT2D eigenvalue weighted by atomic mass is 9.91. The first kappa shape index (κ1) is 18.3. The summed E-state index contributed by atoms with van der Waals surface area (Å²) in [6.45, 7) is 5.32. The zero-order chi connectivity index (χ0) is 17.8. The average Bonchev–Trinajstić information content (AvgIpc) is 2.63. The number of likely N-dealkylation sites (tertiary alicyclic amines) is 2. The Kier molecular flexibility index (Phi) is 6.07. The predicted molar refractivity (Wildman–Crippen MR) is 97.4 cm³/mol. The number of nitrogens with zero attached hydrogens (tertiary/aromatic N) is 2. The van der Waals surface area contributed by atoms with E-state index in [4.69, 9.17) is 5.73 Å². The maximum absolute atomic E-state index is 13.2. The van der Waals surface area contributed by atoms with E-state index >= 15 is 0 Å². The van der Waals surface area contributed by atoms with Crippen LogP contribution in [0.4, 0.5) is 4.39 Å². The molecule has 1 amide bonds. The third kappa shape index (κ3) is 4.59. The van der Waals surface area contributed by atoms with Gasteiger partial charge in [-0.2, -0.15) is 0 Å². The highest BCUT2D eigenvalue weighted by Gasteiger charge is 2.34. The van der Waals surface area contributed by atoms with E-state index < -0.39 is 0 Å². The number of amides is 1. The number of rotatable bonds is 4. The Morgan fingerprint density at radius 2 is 1.96 bits per heavy atom. The molecular weight excluding hydrogens is 317 g/mol. The Balaban J connectivity index is 1.67. The molecule has 0 radical (unpaired) electrons. The number of carbonyl (C=O) groups excluding carboxylic acids is 1. The van der Waals surface area contributed by atoms with Crippen molar-refractivity contribution in [2.24, 2.45) is 11.7 Å². The van der Waals surface area contributed by atoms with Crippen LogP contribution in [-0.4, -0.2) is 47.4 Å². The van der Waals surface area contributed by atoms with Crippen LogP contribution >= 0.6 is 0 Å². The first-order valence-electron chi connectivity index (χ1n) is 9.57. The van der Waals surface area contributed by atoms with E-state index in [0.717, 1.165) is 57.3 Å². The Bertz CT molecular complexity index is 575. The van der Waals surface area contributed by atoms with Gasteiger partial charge in [0.05, 0.1) is 6.04 Å². The molecule has 2 aliphatic rings. The van der Waals surface area contributed by atoms with Crippen molar-refractivity contribution in [3.05, 3.63) is 35.6 Å². The summed E-state index contributed by atoms with van der Waals surface area (Å²) in [6.07, 6.45) is 5.29. The smallest absolute Gasteiger partial charge is 0.239 e. The SMILES string of the molecule is CC(N)C1CCCN(C(=O)C2CCCCN2Cc2ccc(F)cc2)C1. The molecule has 1 aromatic rings. The van der Waals surface area contributed by atoms with Crippen LogP contribution in [0.15, 0.2) is 24.3 Å². The van der Waals surface area contributed by atoms with Crippen LogP contribution in [0.25, 0.3) is 0 Å². The molecule has 3 unspecified atom stereocenters. The van der Waals surface area contributed by atoms with E-state index in [1.165, 1.54) is 12.1 Å². The first-order chi connectivity index (χ1) is 12.0. The molecule has 0 aromatic heterocycles. The van der Waals surface area contributed by atoms with Crippen molar-refractivity contribution < 1.29 is 9.18 Å². The van der Waals surface area contributed by atoms with Crippen molar-refractivity contribution in [1.82, 2.24) is 9.80 Å². The molecule has 3 rings (SSSR count). The summed E-state index contributed by atoms with van der Waals surface area (Å²) in [5, 5.41) is 0. The van der Waals surface area contributed by atoms with Crippen molar-refractivity contribution in [1.29, 1.82) is 0 Å². The highest BCUT2D eigenvalue weighted by molar-refractivity contribution is 5.82.